The molecule has 0 saturated heterocycles. The van der Waals surface area contributed by atoms with Crippen molar-refractivity contribution in [3.8, 4) is 17.3 Å². The Morgan fingerprint density at radius 3 is 2.64 bits per heavy atom. The maximum Gasteiger partial charge on any atom is 0.511 e. The van der Waals surface area contributed by atoms with Crippen LogP contribution in [0.5, 0.6) is 0 Å². The second-order valence-electron chi connectivity index (χ2n) is 5.91. The van der Waals surface area contributed by atoms with Gasteiger partial charge in [0.25, 0.3) is 0 Å². The number of hydrogen-bond donors (Lipinski definition) is 1. The van der Waals surface area contributed by atoms with Gasteiger partial charge in [-0.3, -0.25) is 4.98 Å². The predicted molar refractivity (Wildman–Crippen MR) is 97.7 cm³/mol. The summed E-state index contributed by atoms with van der Waals surface area (Å²) in [5.74, 6) is 0. The average molecular weight is 429 g/mol. The quantitative estimate of drug-likeness (QED) is 0.686. The number of benzene rings is 1. The van der Waals surface area contributed by atoms with Gasteiger partial charge in [0.15, 0.2) is 0 Å². The van der Waals surface area contributed by atoms with Gasteiger partial charge >= 0.3 is 15.5 Å². The Bertz CT molecular complexity index is 1210. The minimum absolute atomic E-state index is 0.206. The molecule has 0 radical (unpaired) electrons. The van der Waals surface area contributed by atoms with Gasteiger partial charge in [0.2, 0.25) is 0 Å². The number of aryl methyl sites for hydroxylation is 1. The van der Waals surface area contributed by atoms with Crippen LogP contribution in [0.25, 0.3) is 22.2 Å². The molecule has 1 N–H and O–H groups in total. The first kappa shape index (κ1) is 20.1. The first-order valence-corrected chi connectivity index (χ1v) is 9.59. The number of nitrogens with one attached hydrogen (secondary N) is 1. The van der Waals surface area contributed by atoms with E-state index in [1.165, 1.54) is 23.2 Å². The molecule has 0 atom stereocenters. The van der Waals surface area contributed by atoms with Crippen molar-refractivity contribution in [2.24, 2.45) is 7.05 Å². The number of rotatable bonds is 4. The van der Waals surface area contributed by atoms with Crippen LogP contribution in [0.3, 0.4) is 0 Å². The number of fused-ring (bicyclic) bond motifs is 1. The van der Waals surface area contributed by atoms with Crippen LogP contribution >= 0.6 is 11.6 Å². The van der Waals surface area contributed by atoms with Crippen LogP contribution < -0.4 is 4.72 Å². The smallest absolute Gasteiger partial charge is 0.342 e. The number of aromatic nitrogens is 2. The maximum atomic E-state index is 12.5. The predicted octanol–water partition coefficient (Wildman–Crippen LogP) is 3.70. The summed E-state index contributed by atoms with van der Waals surface area (Å²) in [4.78, 5) is 3.96. The summed E-state index contributed by atoms with van der Waals surface area (Å²) in [6.07, 6.45) is 2.69. The monoisotopic (exact) mass is 428 g/mol. The van der Waals surface area contributed by atoms with Crippen molar-refractivity contribution in [1.29, 1.82) is 5.26 Å². The Kier molecular flexibility index (Phi) is 5.10. The molecular weight excluding hydrogens is 417 g/mol. The molecule has 0 spiro atoms. The van der Waals surface area contributed by atoms with Gasteiger partial charge in [0.1, 0.15) is 6.07 Å². The molecule has 28 heavy (non-hydrogen) atoms. The molecule has 11 heteroatoms. The van der Waals surface area contributed by atoms with E-state index in [2.05, 4.69) is 11.1 Å². The molecule has 3 aromatic rings. The van der Waals surface area contributed by atoms with Gasteiger partial charge in [-0.05, 0) is 29.8 Å². The zero-order valence-electron chi connectivity index (χ0n) is 14.2. The lowest BCUT2D eigenvalue weighted by atomic mass is 10.1. The van der Waals surface area contributed by atoms with Gasteiger partial charge in [-0.15, -0.1) is 0 Å². The number of hydrogen-bond acceptors (Lipinski definition) is 4. The van der Waals surface area contributed by atoms with Gasteiger partial charge < -0.3 is 4.57 Å². The highest BCUT2D eigenvalue weighted by atomic mass is 35.5. The fraction of sp³-hybridized carbons (Fsp3) is 0.176. The molecule has 0 aliphatic heterocycles. The largest absolute Gasteiger partial charge is 0.511 e. The minimum atomic E-state index is -5.47. The van der Waals surface area contributed by atoms with Gasteiger partial charge in [0.05, 0.1) is 16.8 Å². The fourth-order valence-corrected chi connectivity index (χ4v) is 3.52. The Morgan fingerprint density at radius 1 is 1.29 bits per heavy atom. The van der Waals surface area contributed by atoms with Crippen molar-refractivity contribution < 1.29 is 21.6 Å². The molecule has 0 aliphatic rings. The average Bonchev–Trinajstić information content (AvgIpc) is 2.91. The summed E-state index contributed by atoms with van der Waals surface area (Å²) >= 11 is 6.02. The lowest BCUT2D eigenvalue weighted by Gasteiger charge is -2.10. The molecular formula is C17H12ClF3N4O2S. The summed E-state index contributed by atoms with van der Waals surface area (Å²) in [6, 6.07) is 8.64. The van der Waals surface area contributed by atoms with Crippen LogP contribution in [-0.4, -0.2) is 23.5 Å². The highest BCUT2D eigenvalue weighted by molar-refractivity contribution is 7.90. The summed E-state index contributed by atoms with van der Waals surface area (Å²) in [5.41, 5.74) is -3.20. The molecule has 0 amide bonds. The Morgan fingerprint density at radius 2 is 2.00 bits per heavy atom. The van der Waals surface area contributed by atoms with Crippen molar-refractivity contribution in [3.05, 3.63) is 52.8 Å². The molecule has 146 valence electrons. The Labute approximate surface area is 163 Å². The Hall–Kier alpha value is -2.61. The van der Waals surface area contributed by atoms with Crippen molar-refractivity contribution in [1.82, 2.24) is 14.3 Å². The normalized spacial score (nSPS) is 12.3. The molecule has 0 fully saturated rings. The van der Waals surface area contributed by atoms with Crippen molar-refractivity contribution in [3.63, 3.8) is 0 Å². The van der Waals surface area contributed by atoms with Crippen LogP contribution in [0.1, 0.15) is 11.1 Å². The fourth-order valence-electron chi connectivity index (χ4n) is 2.83. The van der Waals surface area contributed by atoms with Crippen molar-refractivity contribution in [2.45, 2.75) is 12.1 Å². The topological polar surface area (TPSA) is 87.8 Å². The van der Waals surface area contributed by atoms with Crippen molar-refractivity contribution >= 4 is 32.5 Å². The van der Waals surface area contributed by atoms with E-state index in [1.54, 1.807) is 29.8 Å². The third-order valence-corrected chi connectivity index (χ3v) is 5.48. The third kappa shape index (κ3) is 3.56. The number of alkyl halides is 3. The second kappa shape index (κ2) is 7.09. The summed E-state index contributed by atoms with van der Waals surface area (Å²) in [6.45, 7) is -0.597. The molecule has 1 aromatic carbocycles. The van der Waals surface area contributed by atoms with Gasteiger partial charge in [0, 0.05) is 42.0 Å². The van der Waals surface area contributed by atoms with Crippen LogP contribution in [0.15, 0.2) is 36.7 Å². The van der Waals surface area contributed by atoms with Crippen LogP contribution in [0.2, 0.25) is 5.02 Å². The van der Waals surface area contributed by atoms with E-state index in [0.717, 1.165) is 0 Å². The van der Waals surface area contributed by atoms with Crippen LogP contribution in [0.4, 0.5) is 13.2 Å². The number of nitriles is 1. The minimum Gasteiger partial charge on any atom is -0.342 e. The SMILES string of the molecule is Cn1c(-c2cncc(CNS(=O)(=O)C(F)(F)F)c2)c(C#N)c2ccc(Cl)cc21. The summed E-state index contributed by atoms with van der Waals surface area (Å²) < 4.78 is 62.9. The molecule has 2 heterocycles. The van der Waals surface area contributed by atoms with Gasteiger partial charge in [-0.2, -0.15) is 18.4 Å². The van der Waals surface area contributed by atoms with E-state index < -0.39 is 22.1 Å². The molecule has 0 saturated carbocycles. The van der Waals surface area contributed by atoms with E-state index in [4.69, 9.17) is 11.6 Å². The number of pyridine rings is 1. The molecule has 0 unspecified atom stereocenters. The molecule has 2 aromatic heterocycles. The molecule has 3 rings (SSSR count). The number of nitrogens with zero attached hydrogens (tertiary/aromatic N) is 3. The van der Waals surface area contributed by atoms with Crippen molar-refractivity contribution in [2.75, 3.05) is 0 Å². The van der Waals surface area contributed by atoms with E-state index in [0.29, 0.717) is 32.7 Å². The van der Waals surface area contributed by atoms with E-state index >= 15 is 0 Å². The second-order valence-corrected chi connectivity index (χ2v) is 8.10. The number of sulfonamides is 1. The first-order valence-electron chi connectivity index (χ1n) is 7.73. The highest BCUT2D eigenvalue weighted by Gasteiger charge is 2.45. The summed E-state index contributed by atoms with van der Waals surface area (Å²) in [5, 5.41) is 10.7. The Balaban J connectivity index is 2.04. The van der Waals surface area contributed by atoms with Crippen LogP contribution in [0, 0.1) is 11.3 Å². The van der Waals surface area contributed by atoms with Gasteiger partial charge in [-0.25, -0.2) is 13.1 Å². The molecule has 6 nitrogen and oxygen atoms in total. The molecule has 0 bridgehead atoms. The maximum absolute atomic E-state index is 12.5. The van der Waals surface area contributed by atoms with E-state index in [-0.39, 0.29) is 5.56 Å². The lowest BCUT2D eigenvalue weighted by Crippen LogP contribution is -2.36. The first-order chi connectivity index (χ1) is 13.0. The van der Waals surface area contributed by atoms with Crippen LogP contribution in [-0.2, 0) is 23.6 Å². The standard InChI is InChI=1S/C17H12ClF3N4O2S/c1-25-15-5-12(18)2-3-13(15)14(6-22)16(25)11-4-10(7-23-9-11)8-24-28(26,27)17(19,20)21/h2-5,7,9,24H,8H2,1H3. The zero-order valence-corrected chi connectivity index (χ0v) is 15.8. The van der Waals surface area contributed by atoms with Gasteiger partial charge in [-0.1, -0.05) is 11.6 Å². The lowest BCUT2D eigenvalue weighted by molar-refractivity contribution is -0.0448. The highest BCUT2D eigenvalue weighted by Crippen LogP contribution is 2.34. The summed E-state index contributed by atoms with van der Waals surface area (Å²) in [7, 11) is -3.75. The van der Waals surface area contributed by atoms with E-state index in [9.17, 15) is 26.9 Å². The zero-order chi connectivity index (χ0) is 20.7. The number of halogens is 4. The third-order valence-electron chi connectivity index (χ3n) is 4.11. The molecule has 0 aliphatic carbocycles. The van der Waals surface area contributed by atoms with E-state index in [1.807, 2.05) is 0 Å².